The van der Waals surface area contributed by atoms with E-state index in [0.717, 1.165) is 12.3 Å². The van der Waals surface area contributed by atoms with E-state index in [1.54, 1.807) is 0 Å². The van der Waals surface area contributed by atoms with Gasteiger partial charge < -0.3 is 9.84 Å². The highest BCUT2D eigenvalue weighted by molar-refractivity contribution is 5.39. The molecule has 0 aromatic heterocycles. The Hall–Kier alpha value is -0.340. The van der Waals surface area contributed by atoms with E-state index in [0.29, 0.717) is 35.4 Å². The van der Waals surface area contributed by atoms with E-state index in [-0.39, 0.29) is 22.3 Å². The molecule has 5 rings (SSSR count). The molecule has 5 aliphatic rings. The molecule has 0 amide bonds. The second-order valence-electron chi connectivity index (χ2n) is 14.3. The Bertz CT molecular complexity index is 795. The average Bonchev–Trinajstić information content (AvgIpc) is 2.82. The van der Waals surface area contributed by atoms with Crippen LogP contribution in [0.15, 0.2) is 11.1 Å². The molecule has 0 unspecified atom stereocenters. The summed E-state index contributed by atoms with van der Waals surface area (Å²) in [5.74, 6) is 2.68. The predicted octanol–water partition coefficient (Wildman–Crippen LogP) is 7.55. The molecule has 9 atom stereocenters. The van der Waals surface area contributed by atoms with Crippen molar-refractivity contribution in [1.29, 1.82) is 0 Å². The minimum Gasteiger partial charge on any atom is -0.393 e. The van der Waals surface area contributed by atoms with E-state index in [1.807, 2.05) is 11.1 Å². The van der Waals surface area contributed by atoms with Crippen molar-refractivity contribution in [3.8, 4) is 0 Å². The molecule has 0 radical (unpaired) electrons. The summed E-state index contributed by atoms with van der Waals surface area (Å²) in [6.07, 6.45) is 11.8. The summed E-state index contributed by atoms with van der Waals surface area (Å²) in [5.41, 5.74) is 4.58. The number of rotatable bonds is 1. The highest BCUT2D eigenvalue weighted by Gasteiger charge is 2.66. The molecule has 182 valence electrons. The van der Waals surface area contributed by atoms with Gasteiger partial charge in [0.15, 0.2) is 0 Å². The third-order valence-electron chi connectivity index (χ3n) is 12.4. The molecule has 32 heavy (non-hydrogen) atoms. The van der Waals surface area contributed by atoms with Crippen molar-refractivity contribution in [2.45, 2.75) is 131 Å². The average molecular weight is 443 g/mol. The fourth-order valence-electron chi connectivity index (χ4n) is 10.3. The highest BCUT2D eigenvalue weighted by Crippen LogP contribution is 2.73. The van der Waals surface area contributed by atoms with Gasteiger partial charge in [-0.2, -0.15) is 0 Å². The first-order valence-corrected chi connectivity index (χ1v) is 13.9. The standard InChI is InChI=1S/C30H50O2/c1-18(2)22-11-9-19(3)26-23(32-22)17-30(8)21-10-12-24-27(4,5)25(31)14-15-28(24,6)20(21)13-16-29(26,30)7/h18-19,22-26,31H,9-17H2,1-8H3/t19-,22-,23+,24+,25-,26+,28-,29-,30+/m1/s1. The van der Waals surface area contributed by atoms with Crippen LogP contribution in [-0.2, 0) is 4.74 Å². The van der Waals surface area contributed by atoms with Crippen molar-refractivity contribution in [3.05, 3.63) is 11.1 Å². The maximum atomic E-state index is 10.9. The van der Waals surface area contributed by atoms with Gasteiger partial charge in [-0.05, 0) is 103 Å². The van der Waals surface area contributed by atoms with Gasteiger partial charge in [-0.25, -0.2) is 0 Å². The van der Waals surface area contributed by atoms with Gasteiger partial charge in [0.25, 0.3) is 0 Å². The van der Waals surface area contributed by atoms with Gasteiger partial charge in [0.05, 0.1) is 18.3 Å². The fourth-order valence-corrected chi connectivity index (χ4v) is 10.3. The van der Waals surface area contributed by atoms with Gasteiger partial charge in [0.2, 0.25) is 0 Å². The molecule has 4 aliphatic carbocycles. The zero-order chi connectivity index (χ0) is 23.3. The quantitative estimate of drug-likeness (QED) is 0.425. The topological polar surface area (TPSA) is 29.5 Å². The molecular weight excluding hydrogens is 392 g/mol. The third-order valence-corrected chi connectivity index (χ3v) is 12.4. The molecule has 0 aromatic rings. The lowest BCUT2D eigenvalue weighted by atomic mass is 9.43. The highest BCUT2D eigenvalue weighted by atomic mass is 16.5. The fraction of sp³-hybridized carbons (Fsp3) is 0.933. The van der Waals surface area contributed by atoms with Crippen LogP contribution in [0.5, 0.6) is 0 Å². The summed E-state index contributed by atoms with van der Waals surface area (Å²) in [4.78, 5) is 0. The lowest BCUT2D eigenvalue weighted by Crippen LogP contribution is -2.55. The van der Waals surface area contributed by atoms with E-state index >= 15 is 0 Å². The van der Waals surface area contributed by atoms with Crippen molar-refractivity contribution >= 4 is 0 Å². The van der Waals surface area contributed by atoms with Gasteiger partial charge in [-0.1, -0.05) is 66.5 Å². The monoisotopic (exact) mass is 442 g/mol. The summed E-state index contributed by atoms with van der Waals surface area (Å²) in [6, 6.07) is 0. The van der Waals surface area contributed by atoms with Gasteiger partial charge in [0, 0.05) is 0 Å². The summed E-state index contributed by atoms with van der Waals surface area (Å²) < 4.78 is 6.99. The smallest absolute Gasteiger partial charge is 0.0623 e. The van der Waals surface area contributed by atoms with Gasteiger partial charge >= 0.3 is 0 Å². The van der Waals surface area contributed by atoms with Crippen molar-refractivity contribution in [2.75, 3.05) is 0 Å². The molecule has 2 nitrogen and oxygen atoms in total. The predicted molar refractivity (Wildman–Crippen MR) is 132 cm³/mol. The Morgan fingerprint density at radius 1 is 0.906 bits per heavy atom. The zero-order valence-electron chi connectivity index (χ0n) is 22.3. The number of fused-ring (bicyclic) bond motifs is 6. The van der Waals surface area contributed by atoms with E-state index in [2.05, 4.69) is 55.4 Å². The summed E-state index contributed by atoms with van der Waals surface area (Å²) in [7, 11) is 0. The number of allylic oxidation sites excluding steroid dienone is 2. The molecule has 1 aliphatic heterocycles. The van der Waals surface area contributed by atoms with E-state index in [9.17, 15) is 5.11 Å². The number of hydrogen-bond donors (Lipinski definition) is 1. The SMILES string of the molecule is CC(C)[C@H]1CC[C@@H](C)[C@H]2[C@H](C[C@@]3(C)C4=C(CC[C@]23C)[C@@]2(C)CC[C@@H](O)C(C)(C)[C@@H]2CC4)O1. The van der Waals surface area contributed by atoms with Gasteiger partial charge in [-0.3, -0.25) is 0 Å². The summed E-state index contributed by atoms with van der Waals surface area (Å²) >= 11 is 0. The van der Waals surface area contributed by atoms with E-state index in [1.165, 1.54) is 51.4 Å². The van der Waals surface area contributed by atoms with Crippen molar-refractivity contribution in [2.24, 2.45) is 45.3 Å². The molecule has 0 spiro atoms. The number of aliphatic hydroxyl groups excluding tert-OH is 1. The molecule has 1 saturated heterocycles. The molecule has 1 N–H and O–H groups in total. The van der Waals surface area contributed by atoms with E-state index in [4.69, 9.17) is 4.74 Å². The molecular formula is C30H50O2. The van der Waals surface area contributed by atoms with Crippen LogP contribution in [0.1, 0.15) is 113 Å². The first-order chi connectivity index (χ1) is 14.9. The van der Waals surface area contributed by atoms with Crippen LogP contribution in [0, 0.1) is 45.3 Å². The van der Waals surface area contributed by atoms with Crippen LogP contribution in [0.4, 0.5) is 0 Å². The first kappa shape index (κ1) is 23.4. The second-order valence-corrected chi connectivity index (χ2v) is 14.3. The van der Waals surface area contributed by atoms with Crippen LogP contribution >= 0.6 is 0 Å². The molecule has 2 saturated carbocycles. The van der Waals surface area contributed by atoms with Gasteiger partial charge in [0.1, 0.15) is 0 Å². The molecule has 0 bridgehead atoms. The second kappa shape index (κ2) is 7.33. The van der Waals surface area contributed by atoms with Gasteiger partial charge in [-0.15, -0.1) is 0 Å². The van der Waals surface area contributed by atoms with Crippen LogP contribution in [0.25, 0.3) is 0 Å². The maximum Gasteiger partial charge on any atom is 0.0623 e. The zero-order valence-corrected chi connectivity index (χ0v) is 22.3. The van der Waals surface area contributed by atoms with Crippen LogP contribution in [-0.4, -0.2) is 23.4 Å². The van der Waals surface area contributed by atoms with Crippen LogP contribution in [0.3, 0.4) is 0 Å². The Balaban J connectivity index is 1.56. The Morgan fingerprint density at radius 2 is 1.62 bits per heavy atom. The van der Waals surface area contributed by atoms with Crippen molar-refractivity contribution in [1.82, 2.24) is 0 Å². The molecule has 0 aromatic carbocycles. The molecule has 2 heteroatoms. The van der Waals surface area contributed by atoms with Crippen LogP contribution < -0.4 is 0 Å². The number of hydrogen-bond acceptors (Lipinski definition) is 2. The Morgan fingerprint density at radius 3 is 2.31 bits per heavy atom. The minimum atomic E-state index is -0.146. The van der Waals surface area contributed by atoms with E-state index < -0.39 is 0 Å². The molecule has 1 heterocycles. The number of ether oxygens (including phenoxy) is 1. The lowest BCUT2D eigenvalue weighted by molar-refractivity contribution is -0.0966. The lowest BCUT2D eigenvalue weighted by Gasteiger charge is -2.62. The normalized spacial score (nSPS) is 52.7. The Labute approximate surface area is 198 Å². The summed E-state index contributed by atoms with van der Waals surface area (Å²) in [5, 5.41) is 10.9. The first-order valence-electron chi connectivity index (χ1n) is 13.9. The summed E-state index contributed by atoms with van der Waals surface area (Å²) in [6.45, 7) is 19.8. The van der Waals surface area contributed by atoms with Crippen LogP contribution in [0.2, 0.25) is 0 Å². The minimum absolute atomic E-state index is 0.0247. The largest absolute Gasteiger partial charge is 0.393 e. The van der Waals surface area contributed by atoms with Crippen molar-refractivity contribution < 1.29 is 9.84 Å². The maximum absolute atomic E-state index is 10.9. The number of aliphatic hydroxyl groups is 1. The van der Waals surface area contributed by atoms with Crippen molar-refractivity contribution in [3.63, 3.8) is 0 Å². The molecule has 3 fully saturated rings. The Kier molecular flexibility index (Phi) is 5.36. The third kappa shape index (κ3) is 2.90.